The van der Waals surface area contributed by atoms with Gasteiger partial charge in [0.25, 0.3) is 0 Å². The van der Waals surface area contributed by atoms with Gasteiger partial charge in [-0.2, -0.15) is 0 Å². The molecule has 0 bridgehead atoms. The van der Waals surface area contributed by atoms with E-state index < -0.39 is 0 Å². The molecule has 1 aliphatic heterocycles. The maximum Gasteiger partial charge on any atom is 0.0828 e. The van der Waals surface area contributed by atoms with Crippen LogP contribution in [0.4, 0.5) is 0 Å². The van der Waals surface area contributed by atoms with Crippen molar-refractivity contribution in [1.82, 2.24) is 4.90 Å². The second-order valence-electron chi connectivity index (χ2n) is 4.61. The first kappa shape index (κ1) is 10.4. The van der Waals surface area contributed by atoms with Gasteiger partial charge >= 0.3 is 0 Å². The highest BCUT2D eigenvalue weighted by Gasteiger charge is 2.34. The van der Waals surface area contributed by atoms with Crippen LogP contribution in [0.25, 0.3) is 0 Å². The van der Waals surface area contributed by atoms with Crippen molar-refractivity contribution in [3.63, 3.8) is 0 Å². The van der Waals surface area contributed by atoms with Gasteiger partial charge < -0.3 is 10.5 Å². The van der Waals surface area contributed by atoms with Gasteiger partial charge in [-0.1, -0.05) is 6.42 Å². The molecule has 0 amide bonds. The van der Waals surface area contributed by atoms with E-state index in [0.29, 0.717) is 12.1 Å². The smallest absolute Gasteiger partial charge is 0.0828 e. The highest BCUT2D eigenvalue weighted by Crippen LogP contribution is 2.26. The van der Waals surface area contributed by atoms with Crippen LogP contribution in [0.1, 0.15) is 32.6 Å². The van der Waals surface area contributed by atoms with Crippen LogP contribution < -0.4 is 5.73 Å². The molecule has 0 aromatic heterocycles. The van der Waals surface area contributed by atoms with Gasteiger partial charge in [-0.25, -0.2) is 0 Å². The predicted octanol–water partition coefficient (Wildman–Crippen LogP) is 0.977. The van der Waals surface area contributed by atoms with Gasteiger partial charge in [0.15, 0.2) is 0 Å². The molecule has 2 N–H and O–H groups in total. The molecule has 2 aliphatic rings. The van der Waals surface area contributed by atoms with Gasteiger partial charge in [0, 0.05) is 31.8 Å². The molecule has 0 radical (unpaired) electrons. The molecule has 2 fully saturated rings. The summed E-state index contributed by atoms with van der Waals surface area (Å²) in [6, 6.07) is 1.19. The van der Waals surface area contributed by atoms with E-state index in [1.54, 1.807) is 0 Å². The van der Waals surface area contributed by atoms with E-state index in [0.717, 1.165) is 25.7 Å². The normalized spacial score (nSPS) is 35.6. The van der Waals surface area contributed by atoms with Crippen LogP contribution in [0.15, 0.2) is 0 Å². The summed E-state index contributed by atoms with van der Waals surface area (Å²) in [6.07, 6.45) is 5.56. The lowest BCUT2D eigenvalue weighted by atomic mass is 9.88. The number of nitrogens with two attached hydrogens (primary N) is 1. The maximum atomic E-state index is 5.98. The van der Waals surface area contributed by atoms with Crippen molar-refractivity contribution < 1.29 is 4.74 Å². The Balaban J connectivity index is 1.70. The molecule has 1 saturated carbocycles. The number of likely N-dealkylation sites (tertiary alicyclic amines) is 1. The molecular formula is C11H22N2O. The largest absolute Gasteiger partial charge is 0.376 e. The molecular weight excluding hydrogens is 176 g/mol. The zero-order valence-corrected chi connectivity index (χ0v) is 9.11. The average molecular weight is 198 g/mol. The second kappa shape index (κ2) is 4.60. The zero-order chi connectivity index (χ0) is 9.97. The summed E-state index contributed by atoms with van der Waals surface area (Å²) < 4.78 is 5.55. The Bertz CT molecular complexity index is 180. The molecule has 1 saturated heterocycles. The van der Waals surface area contributed by atoms with E-state index in [1.165, 1.54) is 25.7 Å². The van der Waals surface area contributed by atoms with Gasteiger partial charge in [-0.05, 0) is 26.2 Å². The summed E-state index contributed by atoms with van der Waals surface area (Å²) in [5, 5.41) is 0. The van der Waals surface area contributed by atoms with Gasteiger partial charge in [0.1, 0.15) is 0 Å². The summed E-state index contributed by atoms with van der Waals surface area (Å²) in [4.78, 5) is 2.54. The van der Waals surface area contributed by atoms with Crippen molar-refractivity contribution in [3.05, 3.63) is 0 Å². The van der Waals surface area contributed by atoms with E-state index >= 15 is 0 Å². The molecule has 3 nitrogen and oxygen atoms in total. The van der Waals surface area contributed by atoms with Crippen LogP contribution in [0.5, 0.6) is 0 Å². The average Bonchev–Trinajstić information content (AvgIpc) is 2.10. The number of hydrogen-bond donors (Lipinski definition) is 1. The molecule has 82 valence electrons. The predicted molar refractivity (Wildman–Crippen MR) is 57.2 cm³/mol. The minimum Gasteiger partial charge on any atom is -0.376 e. The minimum absolute atomic E-state index is 0.444. The van der Waals surface area contributed by atoms with Crippen molar-refractivity contribution in [2.75, 3.05) is 19.7 Å². The molecule has 0 aromatic carbocycles. The lowest BCUT2D eigenvalue weighted by Gasteiger charge is -2.46. The van der Waals surface area contributed by atoms with E-state index in [2.05, 4.69) is 11.8 Å². The third kappa shape index (κ3) is 2.27. The summed E-state index contributed by atoms with van der Waals surface area (Å²) in [5.41, 5.74) is 5.98. The number of hydrogen-bond acceptors (Lipinski definition) is 3. The standard InChI is InChI=1S/C11H22N2O/c1-2-14-11-7-13(8-11)10-5-3-4-9(12)6-10/h9-11H,2-8,12H2,1H3. The topological polar surface area (TPSA) is 38.5 Å². The summed E-state index contributed by atoms with van der Waals surface area (Å²) in [6.45, 7) is 5.18. The fourth-order valence-electron chi connectivity index (χ4n) is 2.64. The van der Waals surface area contributed by atoms with E-state index in [1.807, 2.05) is 0 Å². The number of ether oxygens (including phenoxy) is 1. The van der Waals surface area contributed by atoms with E-state index in [4.69, 9.17) is 10.5 Å². The fraction of sp³-hybridized carbons (Fsp3) is 1.00. The Morgan fingerprint density at radius 2 is 2.14 bits per heavy atom. The van der Waals surface area contributed by atoms with Crippen LogP contribution in [-0.2, 0) is 4.74 Å². The second-order valence-corrected chi connectivity index (χ2v) is 4.61. The molecule has 1 heterocycles. The van der Waals surface area contributed by atoms with Crippen molar-refractivity contribution in [1.29, 1.82) is 0 Å². The van der Waals surface area contributed by atoms with Crippen LogP contribution >= 0.6 is 0 Å². The Morgan fingerprint density at radius 3 is 2.79 bits per heavy atom. The summed E-state index contributed by atoms with van der Waals surface area (Å²) in [7, 11) is 0. The number of nitrogens with zero attached hydrogens (tertiary/aromatic N) is 1. The van der Waals surface area contributed by atoms with Crippen molar-refractivity contribution in [3.8, 4) is 0 Å². The summed E-state index contributed by atoms with van der Waals surface area (Å²) >= 11 is 0. The molecule has 2 rings (SSSR count). The Morgan fingerprint density at radius 1 is 1.36 bits per heavy atom. The lowest BCUT2D eigenvalue weighted by molar-refractivity contribution is -0.0742. The van der Waals surface area contributed by atoms with E-state index in [9.17, 15) is 0 Å². The van der Waals surface area contributed by atoms with Crippen LogP contribution in [-0.4, -0.2) is 42.8 Å². The van der Waals surface area contributed by atoms with Crippen molar-refractivity contribution >= 4 is 0 Å². The third-order valence-electron chi connectivity index (χ3n) is 3.48. The minimum atomic E-state index is 0.444. The van der Waals surface area contributed by atoms with Gasteiger partial charge in [0.05, 0.1) is 6.10 Å². The highest BCUT2D eigenvalue weighted by molar-refractivity contribution is 4.90. The molecule has 1 aliphatic carbocycles. The first-order valence-electron chi connectivity index (χ1n) is 5.90. The van der Waals surface area contributed by atoms with Crippen LogP contribution in [0.2, 0.25) is 0 Å². The van der Waals surface area contributed by atoms with Gasteiger partial charge in [-0.3, -0.25) is 4.90 Å². The first-order valence-corrected chi connectivity index (χ1v) is 5.90. The SMILES string of the molecule is CCOC1CN(C2CCCC(N)C2)C1. The first-order chi connectivity index (χ1) is 6.79. The lowest BCUT2D eigenvalue weighted by Crippen LogP contribution is -2.58. The Labute approximate surface area is 86.6 Å². The quantitative estimate of drug-likeness (QED) is 0.734. The molecule has 0 spiro atoms. The maximum absolute atomic E-state index is 5.98. The van der Waals surface area contributed by atoms with Crippen molar-refractivity contribution in [2.24, 2.45) is 5.73 Å². The Kier molecular flexibility index (Phi) is 3.42. The fourth-order valence-corrected chi connectivity index (χ4v) is 2.64. The highest BCUT2D eigenvalue weighted by atomic mass is 16.5. The van der Waals surface area contributed by atoms with Gasteiger partial charge in [0.2, 0.25) is 0 Å². The molecule has 2 unspecified atom stereocenters. The third-order valence-corrected chi connectivity index (χ3v) is 3.48. The van der Waals surface area contributed by atoms with Crippen LogP contribution in [0, 0.1) is 0 Å². The monoisotopic (exact) mass is 198 g/mol. The van der Waals surface area contributed by atoms with E-state index in [-0.39, 0.29) is 0 Å². The van der Waals surface area contributed by atoms with Crippen LogP contribution in [0.3, 0.4) is 0 Å². The number of rotatable bonds is 3. The molecule has 0 aromatic rings. The van der Waals surface area contributed by atoms with Gasteiger partial charge in [-0.15, -0.1) is 0 Å². The Hall–Kier alpha value is -0.120. The summed E-state index contributed by atoms with van der Waals surface area (Å²) in [5.74, 6) is 0. The molecule has 14 heavy (non-hydrogen) atoms. The molecule has 3 heteroatoms. The molecule has 2 atom stereocenters. The van der Waals surface area contributed by atoms with Crippen molar-refractivity contribution in [2.45, 2.75) is 50.8 Å². The zero-order valence-electron chi connectivity index (χ0n) is 9.11.